The SMILES string of the molecule is C[C@@H]1CO[C@]2(C[C@@H]1O[C@@H]1O[C@H](CO)[C@H](O)[C@H](O)[C@H]1O)O[C@H]1C[C@H]3[C@@H]4CC[C@@H]5C[C@H](O)[C@@H](O)[C@@H](O[C@@H]6OC[C@H](O)[C@H](O)[C@H]6O)[C@]5(C)[C@H]4CC[C@]3(C)[C@H]1[C@@H]2C. The third kappa shape index (κ3) is 5.93. The van der Waals surface area contributed by atoms with E-state index in [9.17, 15) is 46.0 Å². The van der Waals surface area contributed by atoms with Crippen LogP contribution in [-0.4, -0.2) is 157 Å². The van der Waals surface area contributed by atoms with E-state index < -0.39 is 97.5 Å². The van der Waals surface area contributed by atoms with Gasteiger partial charge in [0.05, 0.1) is 44.2 Å². The van der Waals surface area contributed by atoms with Gasteiger partial charge >= 0.3 is 0 Å². The number of aliphatic hydroxyl groups is 9. The van der Waals surface area contributed by atoms with Gasteiger partial charge in [0.1, 0.15) is 48.8 Å². The molecule has 8 fully saturated rings. The van der Waals surface area contributed by atoms with Crippen LogP contribution in [0.4, 0.5) is 0 Å². The molecular formula is C38H62O15. The summed E-state index contributed by atoms with van der Waals surface area (Å²) in [5, 5.41) is 94.7. The van der Waals surface area contributed by atoms with Crippen molar-refractivity contribution >= 4 is 0 Å². The fourth-order valence-corrected chi connectivity index (χ4v) is 13.1. The Hall–Kier alpha value is -0.600. The van der Waals surface area contributed by atoms with Gasteiger partial charge in [-0.2, -0.15) is 0 Å². The van der Waals surface area contributed by atoms with E-state index in [1.54, 1.807) is 0 Å². The Bertz CT molecular complexity index is 1320. The van der Waals surface area contributed by atoms with Gasteiger partial charge in [-0.1, -0.05) is 27.7 Å². The quantitative estimate of drug-likeness (QED) is 0.163. The summed E-state index contributed by atoms with van der Waals surface area (Å²) >= 11 is 0. The number of hydrogen-bond donors (Lipinski definition) is 9. The zero-order chi connectivity index (χ0) is 37.9. The largest absolute Gasteiger partial charge is 0.394 e. The maximum atomic E-state index is 11.5. The molecule has 0 bridgehead atoms. The summed E-state index contributed by atoms with van der Waals surface area (Å²) in [5.41, 5.74) is -0.611. The Morgan fingerprint density at radius 1 is 0.736 bits per heavy atom. The molecule has 304 valence electrons. The number of aliphatic hydroxyl groups excluding tert-OH is 9. The van der Waals surface area contributed by atoms with Gasteiger partial charge < -0.3 is 74.4 Å². The highest BCUT2D eigenvalue weighted by atomic mass is 16.7. The monoisotopic (exact) mass is 758 g/mol. The summed E-state index contributed by atoms with van der Waals surface area (Å²) in [6, 6.07) is 0. The van der Waals surface area contributed by atoms with Crippen molar-refractivity contribution in [2.24, 2.45) is 52.3 Å². The molecule has 0 aromatic rings. The van der Waals surface area contributed by atoms with Gasteiger partial charge in [0, 0.05) is 23.7 Å². The molecule has 4 aliphatic heterocycles. The van der Waals surface area contributed by atoms with Crippen LogP contribution in [0.25, 0.3) is 0 Å². The van der Waals surface area contributed by atoms with Crippen molar-refractivity contribution in [2.45, 2.75) is 164 Å². The lowest BCUT2D eigenvalue weighted by molar-refractivity contribution is -0.344. The van der Waals surface area contributed by atoms with E-state index >= 15 is 0 Å². The molecule has 8 rings (SSSR count). The second-order valence-electron chi connectivity index (χ2n) is 18.5. The highest BCUT2D eigenvalue weighted by molar-refractivity contribution is 5.17. The summed E-state index contributed by atoms with van der Waals surface area (Å²) in [5.74, 6) is 0.0805. The van der Waals surface area contributed by atoms with E-state index in [1.165, 1.54) is 0 Å². The molecule has 4 saturated heterocycles. The van der Waals surface area contributed by atoms with Gasteiger partial charge in [-0.05, 0) is 73.5 Å². The van der Waals surface area contributed by atoms with E-state index in [-0.39, 0.29) is 47.7 Å². The van der Waals surface area contributed by atoms with Crippen molar-refractivity contribution in [2.75, 3.05) is 19.8 Å². The molecule has 4 saturated carbocycles. The van der Waals surface area contributed by atoms with E-state index in [0.29, 0.717) is 31.3 Å². The average molecular weight is 759 g/mol. The Balaban J connectivity index is 1.00. The van der Waals surface area contributed by atoms with Crippen molar-refractivity contribution in [3.63, 3.8) is 0 Å². The topological polar surface area (TPSA) is 237 Å². The van der Waals surface area contributed by atoms with Crippen LogP contribution in [0.3, 0.4) is 0 Å². The van der Waals surface area contributed by atoms with Crippen molar-refractivity contribution in [3.8, 4) is 0 Å². The molecule has 15 nitrogen and oxygen atoms in total. The van der Waals surface area contributed by atoms with Gasteiger partial charge in [0.15, 0.2) is 18.4 Å². The van der Waals surface area contributed by atoms with Crippen molar-refractivity contribution < 1.29 is 74.4 Å². The Morgan fingerprint density at radius 3 is 2.21 bits per heavy atom. The van der Waals surface area contributed by atoms with Crippen molar-refractivity contribution in [3.05, 3.63) is 0 Å². The minimum atomic E-state index is -1.53. The third-order valence-electron chi connectivity index (χ3n) is 16.1. The summed E-state index contributed by atoms with van der Waals surface area (Å²) in [6.45, 7) is 8.36. The van der Waals surface area contributed by atoms with Crippen molar-refractivity contribution in [1.82, 2.24) is 0 Å². The molecule has 1 spiro atoms. The second-order valence-corrected chi connectivity index (χ2v) is 18.5. The predicted molar refractivity (Wildman–Crippen MR) is 181 cm³/mol. The second kappa shape index (κ2) is 14.0. The molecule has 15 heteroatoms. The zero-order valence-electron chi connectivity index (χ0n) is 31.2. The van der Waals surface area contributed by atoms with Gasteiger partial charge in [-0.25, -0.2) is 0 Å². The molecule has 0 amide bonds. The number of ether oxygens (including phenoxy) is 6. The minimum absolute atomic E-state index is 0.00817. The molecule has 0 unspecified atom stereocenters. The first-order chi connectivity index (χ1) is 25.1. The Kier molecular flexibility index (Phi) is 10.4. The fourth-order valence-electron chi connectivity index (χ4n) is 13.1. The Labute approximate surface area is 310 Å². The highest BCUT2D eigenvalue weighted by Crippen LogP contribution is 2.71. The van der Waals surface area contributed by atoms with Gasteiger partial charge in [0.25, 0.3) is 0 Å². The van der Waals surface area contributed by atoms with Crippen LogP contribution in [0, 0.1) is 52.3 Å². The van der Waals surface area contributed by atoms with Crippen LogP contribution in [0.2, 0.25) is 0 Å². The molecule has 4 heterocycles. The van der Waals surface area contributed by atoms with Crippen LogP contribution in [-0.2, 0) is 28.4 Å². The first kappa shape index (κ1) is 39.2. The fraction of sp³-hybridized carbons (Fsp3) is 1.00. The van der Waals surface area contributed by atoms with Crippen LogP contribution in [0.15, 0.2) is 0 Å². The summed E-state index contributed by atoms with van der Waals surface area (Å²) < 4.78 is 37.7. The van der Waals surface area contributed by atoms with E-state index in [1.807, 2.05) is 6.92 Å². The summed E-state index contributed by atoms with van der Waals surface area (Å²) in [6.07, 6.45) is -10.5. The van der Waals surface area contributed by atoms with E-state index in [2.05, 4.69) is 20.8 Å². The van der Waals surface area contributed by atoms with E-state index in [4.69, 9.17) is 28.4 Å². The molecular weight excluding hydrogens is 696 g/mol. The maximum Gasteiger partial charge on any atom is 0.186 e. The number of fused-ring (bicyclic) bond motifs is 7. The summed E-state index contributed by atoms with van der Waals surface area (Å²) in [4.78, 5) is 0. The molecule has 8 aliphatic rings. The van der Waals surface area contributed by atoms with Crippen LogP contribution < -0.4 is 0 Å². The molecule has 0 radical (unpaired) electrons. The van der Waals surface area contributed by atoms with Gasteiger partial charge in [-0.3, -0.25) is 0 Å². The lowest BCUT2D eigenvalue weighted by Gasteiger charge is -2.64. The first-order valence-electron chi connectivity index (χ1n) is 20.0. The normalized spacial score (nSPS) is 61.0. The predicted octanol–water partition coefficient (Wildman–Crippen LogP) is -1.01. The average Bonchev–Trinajstić information content (AvgIpc) is 3.57. The lowest BCUT2D eigenvalue weighted by Crippen LogP contribution is -2.66. The maximum absolute atomic E-state index is 11.5. The van der Waals surface area contributed by atoms with Gasteiger partial charge in [0.2, 0.25) is 0 Å². The molecule has 0 aromatic heterocycles. The van der Waals surface area contributed by atoms with Gasteiger partial charge in [-0.15, -0.1) is 0 Å². The third-order valence-corrected chi connectivity index (χ3v) is 16.1. The highest BCUT2D eigenvalue weighted by Gasteiger charge is 2.71. The van der Waals surface area contributed by atoms with Crippen LogP contribution >= 0.6 is 0 Å². The molecule has 24 atom stereocenters. The number of hydrogen-bond acceptors (Lipinski definition) is 15. The zero-order valence-corrected chi connectivity index (χ0v) is 31.2. The smallest absolute Gasteiger partial charge is 0.186 e. The number of rotatable bonds is 5. The Morgan fingerprint density at radius 2 is 1.47 bits per heavy atom. The van der Waals surface area contributed by atoms with Crippen molar-refractivity contribution in [1.29, 1.82) is 0 Å². The summed E-state index contributed by atoms with van der Waals surface area (Å²) in [7, 11) is 0. The molecule has 0 aromatic carbocycles. The molecule has 9 N–H and O–H groups in total. The van der Waals surface area contributed by atoms with Crippen LogP contribution in [0.1, 0.15) is 72.6 Å². The van der Waals surface area contributed by atoms with Crippen LogP contribution in [0.5, 0.6) is 0 Å². The standard InChI is InChI=1S/C38H62O15/c1-15-13-49-38(11-24(15)50-35-32(47)30(45)29(44)25(12-39)51-35)16(2)26-23(53-38)10-20-18-6-5-17-9-21(40)28(43)33(37(17,4)19(18)7-8-36(20,26)3)52-34-31(46)27(42)22(41)14-48-34/h15-35,39-47H,5-14H2,1-4H3/t15-,16+,17-,18-,19+,20+,21+,22+,23+,24+,25-,26+,27+,28-,29+,30+,31-,32-,33-,34+,35-,36+,37+,38-/m1/s1. The van der Waals surface area contributed by atoms with E-state index in [0.717, 1.165) is 32.1 Å². The lowest BCUT2D eigenvalue weighted by atomic mass is 9.43. The first-order valence-corrected chi connectivity index (χ1v) is 20.0. The molecule has 4 aliphatic carbocycles. The molecule has 53 heavy (non-hydrogen) atoms. The minimum Gasteiger partial charge on any atom is -0.394 e.